The number of morpholine rings is 1. The topological polar surface area (TPSA) is 92.9 Å². The molecule has 1 heterocycles. The van der Waals surface area contributed by atoms with Gasteiger partial charge in [-0.3, -0.25) is 14.9 Å². The third kappa shape index (κ3) is 2.72. The van der Waals surface area contributed by atoms with E-state index in [-0.39, 0.29) is 5.56 Å². The summed E-state index contributed by atoms with van der Waals surface area (Å²) in [6.45, 7) is 4.88. The summed E-state index contributed by atoms with van der Waals surface area (Å²) >= 11 is 0. The molecule has 1 fully saturated rings. The van der Waals surface area contributed by atoms with Crippen LogP contribution in [0.15, 0.2) is 18.2 Å². The summed E-state index contributed by atoms with van der Waals surface area (Å²) in [5, 5.41) is 20.6. The molecule has 0 aliphatic carbocycles. The first-order valence-electron chi connectivity index (χ1n) is 6.21. The van der Waals surface area contributed by atoms with Gasteiger partial charge in [0.1, 0.15) is 0 Å². The van der Waals surface area contributed by atoms with Gasteiger partial charge in [-0.15, -0.1) is 0 Å². The lowest BCUT2D eigenvalue weighted by Crippen LogP contribution is -2.50. The van der Waals surface area contributed by atoms with Crippen LogP contribution in [0.2, 0.25) is 0 Å². The van der Waals surface area contributed by atoms with E-state index in [0.717, 1.165) is 6.07 Å². The number of ether oxygens (including phenoxy) is 1. The van der Waals surface area contributed by atoms with Crippen molar-refractivity contribution >= 4 is 11.6 Å². The molecule has 1 aromatic rings. The normalized spacial score (nSPS) is 17.8. The Morgan fingerprint density at radius 2 is 2.20 bits per heavy atom. The molecule has 0 bridgehead atoms. The van der Waals surface area contributed by atoms with Gasteiger partial charge in [-0.2, -0.15) is 0 Å². The molecule has 0 radical (unpaired) electrons. The van der Waals surface area contributed by atoms with E-state index in [0.29, 0.717) is 19.7 Å². The molecule has 1 saturated heterocycles. The first-order valence-corrected chi connectivity index (χ1v) is 6.21. The van der Waals surface area contributed by atoms with Crippen LogP contribution in [0.4, 0.5) is 5.69 Å². The minimum atomic E-state index is -0.713. The van der Waals surface area contributed by atoms with Crippen molar-refractivity contribution in [2.45, 2.75) is 19.4 Å². The summed E-state index contributed by atoms with van der Waals surface area (Å²) in [6, 6.07) is 3.93. The number of phenolic OH excluding ortho intramolecular Hbond substituents is 1. The summed E-state index contributed by atoms with van der Waals surface area (Å²) in [4.78, 5) is 24.0. The number of hydrogen-bond acceptors (Lipinski definition) is 5. The van der Waals surface area contributed by atoms with Gasteiger partial charge in [-0.25, -0.2) is 0 Å². The Hall–Kier alpha value is -2.15. The highest BCUT2D eigenvalue weighted by atomic mass is 16.6. The second kappa shape index (κ2) is 5.09. The number of amides is 1. The van der Waals surface area contributed by atoms with Crippen LogP contribution in [0.25, 0.3) is 0 Å². The van der Waals surface area contributed by atoms with Crippen LogP contribution in [-0.4, -0.2) is 46.1 Å². The Kier molecular flexibility index (Phi) is 3.63. The zero-order valence-electron chi connectivity index (χ0n) is 11.3. The summed E-state index contributed by atoms with van der Waals surface area (Å²) in [5.41, 5.74) is -0.996. The first kappa shape index (κ1) is 14.3. The fourth-order valence-corrected chi connectivity index (χ4v) is 2.21. The Morgan fingerprint density at radius 3 is 2.80 bits per heavy atom. The summed E-state index contributed by atoms with van der Waals surface area (Å²) in [7, 11) is 0. The van der Waals surface area contributed by atoms with Crippen LogP contribution in [0.3, 0.4) is 0 Å². The molecular weight excluding hydrogens is 264 g/mol. The van der Waals surface area contributed by atoms with Crippen molar-refractivity contribution in [3.05, 3.63) is 33.9 Å². The van der Waals surface area contributed by atoms with Gasteiger partial charge in [0.2, 0.25) is 5.75 Å². The maximum Gasteiger partial charge on any atom is 0.311 e. The molecule has 0 spiro atoms. The van der Waals surface area contributed by atoms with Gasteiger partial charge in [0, 0.05) is 19.2 Å². The maximum absolute atomic E-state index is 12.4. The van der Waals surface area contributed by atoms with E-state index >= 15 is 0 Å². The first-order chi connectivity index (χ1) is 9.32. The van der Waals surface area contributed by atoms with Gasteiger partial charge in [-0.1, -0.05) is 6.07 Å². The minimum absolute atomic E-state index is 0.0584. The lowest BCUT2D eigenvalue weighted by atomic mass is 10.1. The Balaban J connectivity index is 2.30. The highest BCUT2D eigenvalue weighted by Crippen LogP contribution is 2.31. The van der Waals surface area contributed by atoms with Crippen LogP contribution in [0.5, 0.6) is 5.75 Å². The summed E-state index contributed by atoms with van der Waals surface area (Å²) < 4.78 is 5.51. The molecule has 0 aromatic heterocycles. The van der Waals surface area contributed by atoms with Crippen molar-refractivity contribution in [3.63, 3.8) is 0 Å². The second-order valence-electron chi connectivity index (χ2n) is 5.27. The molecular formula is C13H16N2O5. The van der Waals surface area contributed by atoms with Gasteiger partial charge in [0.05, 0.1) is 22.7 Å². The third-order valence-corrected chi connectivity index (χ3v) is 3.15. The average Bonchev–Trinajstić information content (AvgIpc) is 2.36. The number of rotatable bonds is 2. The predicted molar refractivity (Wildman–Crippen MR) is 70.7 cm³/mol. The standard InChI is InChI=1S/C13H16N2O5/c1-13(2)8-14(6-7-20-13)12(17)9-4-3-5-10(11(9)16)15(18)19/h3-5,16H,6-8H2,1-2H3. The number of para-hydroxylation sites is 1. The third-order valence-electron chi connectivity index (χ3n) is 3.15. The van der Waals surface area contributed by atoms with Gasteiger partial charge in [0.15, 0.2) is 0 Å². The van der Waals surface area contributed by atoms with Crippen LogP contribution in [0, 0.1) is 10.1 Å². The molecule has 1 amide bonds. The zero-order valence-corrected chi connectivity index (χ0v) is 11.3. The van der Waals surface area contributed by atoms with Gasteiger partial charge in [0.25, 0.3) is 5.91 Å². The maximum atomic E-state index is 12.4. The van der Waals surface area contributed by atoms with Gasteiger partial charge < -0.3 is 14.7 Å². The van der Waals surface area contributed by atoms with Gasteiger partial charge in [-0.05, 0) is 19.9 Å². The number of nitro groups is 1. The molecule has 1 N–H and O–H groups in total. The zero-order chi connectivity index (χ0) is 14.9. The monoisotopic (exact) mass is 280 g/mol. The Morgan fingerprint density at radius 1 is 1.50 bits per heavy atom. The Labute approximate surface area is 115 Å². The number of hydrogen-bond donors (Lipinski definition) is 1. The van der Waals surface area contributed by atoms with Crippen molar-refractivity contribution < 1.29 is 19.6 Å². The fraction of sp³-hybridized carbons (Fsp3) is 0.462. The van der Waals surface area contributed by atoms with Crippen LogP contribution >= 0.6 is 0 Å². The van der Waals surface area contributed by atoms with Crippen molar-refractivity contribution in [1.82, 2.24) is 4.90 Å². The molecule has 0 saturated carbocycles. The van der Waals surface area contributed by atoms with E-state index in [1.807, 2.05) is 13.8 Å². The van der Waals surface area contributed by atoms with Crippen molar-refractivity contribution in [2.24, 2.45) is 0 Å². The van der Waals surface area contributed by atoms with Crippen LogP contribution < -0.4 is 0 Å². The predicted octanol–water partition coefficient (Wildman–Crippen LogP) is 1.55. The number of nitro benzene ring substituents is 1. The van der Waals surface area contributed by atoms with Gasteiger partial charge >= 0.3 is 5.69 Å². The van der Waals surface area contributed by atoms with E-state index in [4.69, 9.17) is 4.74 Å². The van der Waals surface area contributed by atoms with Crippen molar-refractivity contribution in [3.8, 4) is 5.75 Å². The molecule has 1 aromatic carbocycles. The number of aromatic hydroxyl groups is 1. The molecule has 7 nitrogen and oxygen atoms in total. The van der Waals surface area contributed by atoms with E-state index in [1.54, 1.807) is 0 Å². The average molecular weight is 280 g/mol. The molecule has 2 rings (SSSR count). The number of benzene rings is 1. The number of carbonyl (C=O) groups excluding carboxylic acids is 1. The Bertz CT molecular complexity index is 556. The van der Waals surface area contributed by atoms with Crippen LogP contribution in [-0.2, 0) is 4.74 Å². The SMILES string of the molecule is CC1(C)CN(C(=O)c2cccc([N+](=O)[O-])c2O)CCO1. The van der Waals surface area contributed by atoms with E-state index < -0.39 is 27.9 Å². The molecule has 20 heavy (non-hydrogen) atoms. The lowest BCUT2D eigenvalue weighted by molar-refractivity contribution is -0.385. The largest absolute Gasteiger partial charge is 0.502 e. The molecule has 1 aliphatic heterocycles. The highest BCUT2D eigenvalue weighted by Gasteiger charge is 2.32. The second-order valence-corrected chi connectivity index (χ2v) is 5.27. The van der Waals surface area contributed by atoms with Crippen molar-refractivity contribution in [2.75, 3.05) is 19.7 Å². The summed E-state index contributed by atoms with van der Waals surface area (Å²) in [5.74, 6) is -1.02. The summed E-state index contributed by atoms with van der Waals surface area (Å²) in [6.07, 6.45) is 0. The van der Waals surface area contributed by atoms with Crippen molar-refractivity contribution in [1.29, 1.82) is 0 Å². The molecule has 1 aliphatic rings. The number of carbonyl (C=O) groups is 1. The molecule has 7 heteroatoms. The number of nitrogens with zero attached hydrogens (tertiary/aromatic N) is 2. The quantitative estimate of drug-likeness (QED) is 0.655. The fourth-order valence-electron chi connectivity index (χ4n) is 2.21. The van der Waals surface area contributed by atoms with E-state index in [2.05, 4.69) is 0 Å². The number of phenols is 1. The minimum Gasteiger partial charge on any atom is -0.502 e. The van der Waals surface area contributed by atoms with E-state index in [9.17, 15) is 20.0 Å². The molecule has 0 unspecified atom stereocenters. The van der Waals surface area contributed by atoms with Crippen LogP contribution in [0.1, 0.15) is 24.2 Å². The van der Waals surface area contributed by atoms with E-state index in [1.165, 1.54) is 17.0 Å². The molecule has 0 atom stereocenters. The molecule has 108 valence electrons. The lowest BCUT2D eigenvalue weighted by Gasteiger charge is -2.38. The highest BCUT2D eigenvalue weighted by molar-refractivity contribution is 5.98. The smallest absolute Gasteiger partial charge is 0.311 e.